The molecule has 0 aliphatic carbocycles. The number of carbonyl (C=O) groups excluding carboxylic acids is 1. The third-order valence-corrected chi connectivity index (χ3v) is 3.82. The molecule has 0 unspecified atom stereocenters. The Hall–Kier alpha value is -2.95. The van der Waals surface area contributed by atoms with E-state index in [0.717, 1.165) is 16.9 Å². The first-order chi connectivity index (χ1) is 12.0. The van der Waals surface area contributed by atoms with Gasteiger partial charge in [0.2, 0.25) is 5.75 Å². The summed E-state index contributed by atoms with van der Waals surface area (Å²) in [5, 5.41) is 0. The lowest BCUT2D eigenvalue weighted by molar-refractivity contribution is 0.104. The molecule has 0 radical (unpaired) electrons. The molecule has 0 aromatic heterocycles. The fraction of sp³-hybridized carbons (Fsp3) is 0.250. The summed E-state index contributed by atoms with van der Waals surface area (Å²) in [6.45, 7) is 1.95. The van der Waals surface area contributed by atoms with Crippen LogP contribution in [0.1, 0.15) is 21.5 Å². The number of carbonyl (C=O) groups is 1. The fourth-order valence-electron chi connectivity index (χ4n) is 2.56. The number of allylic oxidation sites excluding steroid dienone is 1. The Morgan fingerprint density at radius 3 is 2.04 bits per heavy atom. The van der Waals surface area contributed by atoms with Gasteiger partial charge >= 0.3 is 0 Å². The lowest BCUT2D eigenvalue weighted by Gasteiger charge is -2.14. The molecule has 0 spiro atoms. The summed E-state index contributed by atoms with van der Waals surface area (Å²) in [6, 6.07) is 9.05. The highest BCUT2D eigenvalue weighted by atomic mass is 16.5. The number of hydrogen-bond acceptors (Lipinski definition) is 5. The van der Waals surface area contributed by atoms with E-state index < -0.39 is 0 Å². The van der Waals surface area contributed by atoms with Crippen molar-refractivity contribution in [3.63, 3.8) is 0 Å². The van der Waals surface area contributed by atoms with Crippen molar-refractivity contribution in [1.29, 1.82) is 0 Å². The first-order valence-electron chi connectivity index (χ1n) is 7.71. The molecule has 132 valence electrons. The topological polar surface area (TPSA) is 54.0 Å². The van der Waals surface area contributed by atoms with Gasteiger partial charge < -0.3 is 18.9 Å². The van der Waals surface area contributed by atoms with Gasteiger partial charge in [-0.3, -0.25) is 4.79 Å². The van der Waals surface area contributed by atoms with Crippen LogP contribution in [-0.2, 0) is 0 Å². The zero-order valence-corrected chi connectivity index (χ0v) is 15.1. The molecule has 0 saturated heterocycles. The number of ketones is 1. The van der Waals surface area contributed by atoms with Crippen molar-refractivity contribution in [3.8, 4) is 23.0 Å². The highest BCUT2D eigenvalue weighted by molar-refractivity contribution is 6.09. The summed E-state index contributed by atoms with van der Waals surface area (Å²) in [5.41, 5.74) is 2.31. The molecule has 5 heteroatoms. The van der Waals surface area contributed by atoms with Crippen molar-refractivity contribution >= 4 is 11.9 Å². The second-order valence-electron chi connectivity index (χ2n) is 5.31. The standard InChI is InChI=1S/C20H22O5/c1-13-12-14(7-10-17(13)22-2)6-9-16(21)15-8-11-18(23-3)20(25-5)19(15)24-4/h6-12H,1-5H3. The first kappa shape index (κ1) is 18.4. The number of aryl methyl sites for hydroxylation is 1. The van der Waals surface area contributed by atoms with E-state index in [2.05, 4.69) is 0 Å². The maximum absolute atomic E-state index is 12.6. The molecular weight excluding hydrogens is 320 g/mol. The average Bonchev–Trinajstić information content (AvgIpc) is 2.64. The van der Waals surface area contributed by atoms with Crippen LogP contribution >= 0.6 is 0 Å². The van der Waals surface area contributed by atoms with Gasteiger partial charge in [0.1, 0.15) is 5.75 Å². The van der Waals surface area contributed by atoms with Crippen molar-refractivity contribution in [1.82, 2.24) is 0 Å². The molecule has 2 aromatic carbocycles. The van der Waals surface area contributed by atoms with Crippen LogP contribution in [0.3, 0.4) is 0 Å². The predicted octanol–water partition coefficient (Wildman–Crippen LogP) is 3.93. The van der Waals surface area contributed by atoms with Gasteiger partial charge in [-0.1, -0.05) is 12.1 Å². The minimum atomic E-state index is -0.189. The van der Waals surface area contributed by atoms with Crippen molar-refractivity contribution in [2.24, 2.45) is 0 Å². The normalized spacial score (nSPS) is 10.6. The molecule has 0 amide bonds. The molecule has 2 aromatic rings. The summed E-state index contributed by atoms with van der Waals surface area (Å²) in [6.07, 6.45) is 3.26. The van der Waals surface area contributed by atoms with Crippen LogP contribution in [0.5, 0.6) is 23.0 Å². The second-order valence-corrected chi connectivity index (χ2v) is 5.31. The van der Waals surface area contributed by atoms with Gasteiger partial charge in [-0.15, -0.1) is 0 Å². The highest BCUT2D eigenvalue weighted by Gasteiger charge is 2.19. The van der Waals surface area contributed by atoms with Crippen LogP contribution in [0.2, 0.25) is 0 Å². The Bertz CT molecular complexity index is 793. The van der Waals surface area contributed by atoms with Crippen LogP contribution in [0.15, 0.2) is 36.4 Å². The van der Waals surface area contributed by atoms with E-state index in [-0.39, 0.29) is 5.78 Å². The van der Waals surface area contributed by atoms with Crippen LogP contribution in [-0.4, -0.2) is 34.2 Å². The number of benzene rings is 2. The Morgan fingerprint density at radius 1 is 0.840 bits per heavy atom. The van der Waals surface area contributed by atoms with Gasteiger partial charge in [-0.2, -0.15) is 0 Å². The molecule has 5 nitrogen and oxygen atoms in total. The zero-order valence-electron chi connectivity index (χ0n) is 15.1. The van der Waals surface area contributed by atoms with Gasteiger partial charge in [-0.25, -0.2) is 0 Å². The lowest BCUT2D eigenvalue weighted by atomic mass is 10.1. The summed E-state index contributed by atoms with van der Waals surface area (Å²) < 4.78 is 21.1. The molecule has 0 fully saturated rings. The summed E-state index contributed by atoms with van der Waals surface area (Å²) in [5.74, 6) is 1.87. The van der Waals surface area contributed by atoms with E-state index in [1.54, 1.807) is 25.3 Å². The Labute approximate surface area is 147 Å². The van der Waals surface area contributed by atoms with Gasteiger partial charge in [0.05, 0.1) is 34.0 Å². The quantitative estimate of drug-likeness (QED) is 0.564. The van der Waals surface area contributed by atoms with Crippen molar-refractivity contribution < 1.29 is 23.7 Å². The molecule has 0 atom stereocenters. The maximum Gasteiger partial charge on any atom is 0.204 e. The van der Waals surface area contributed by atoms with E-state index >= 15 is 0 Å². The smallest absolute Gasteiger partial charge is 0.204 e. The molecule has 2 rings (SSSR count). The van der Waals surface area contributed by atoms with E-state index in [9.17, 15) is 4.79 Å². The van der Waals surface area contributed by atoms with E-state index in [4.69, 9.17) is 18.9 Å². The molecule has 0 aliphatic rings. The van der Waals surface area contributed by atoms with Gasteiger partial charge in [-0.05, 0) is 48.4 Å². The van der Waals surface area contributed by atoms with Crippen LogP contribution in [0.25, 0.3) is 6.08 Å². The molecule has 25 heavy (non-hydrogen) atoms. The van der Waals surface area contributed by atoms with Crippen molar-refractivity contribution in [2.45, 2.75) is 6.92 Å². The Morgan fingerprint density at radius 2 is 1.48 bits per heavy atom. The Kier molecular flexibility index (Phi) is 6.06. The number of ether oxygens (including phenoxy) is 4. The van der Waals surface area contributed by atoms with Crippen LogP contribution in [0.4, 0.5) is 0 Å². The highest BCUT2D eigenvalue weighted by Crippen LogP contribution is 2.40. The zero-order chi connectivity index (χ0) is 18.4. The summed E-state index contributed by atoms with van der Waals surface area (Å²) >= 11 is 0. The minimum Gasteiger partial charge on any atom is -0.496 e. The number of methoxy groups -OCH3 is 4. The third kappa shape index (κ3) is 3.94. The first-order valence-corrected chi connectivity index (χ1v) is 7.71. The molecule has 0 aliphatic heterocycles. The van der Waals surface area contributed by atoms with E-state index in [1.807, 2.05) is 25.1 Å². The number of rotatable bonds is 7. The molecule has 0 bridgehead atoms. The SMILES string of the molecule is COc1ccc(C=CC(=O)c2ccc(OC)c(OC)c2OC)cc1C. The third-order valence-electron chi connectivity index (χ3n) is 3.82. The predicted molar refractivity (Wildman–Crippen MR) is 97.2 cm³/mol. The van der Waals surface area contributed by atoms with Gasteiger partial charge in [0.25, 0.3) is 0 Å². The second kappa shape index (κ2) is 8.24. The van der Waals surface area contributed by atoms with Crippen molar-refractivity contribution in [2.75, 3.05) is 28.4 Å². The lowest BCUT2D eigenvalue weighted by Crippen LogP contribution is -2.02. The molecule has 0 N–H and O–H groups in total. The average molecular weight is 342 g/mol. The Balaban J connectivity index is 2.33. The summed E-state index contributed by atoms with van der Waals surface area (Å²) in [4.78, 5) is 12.6. The van der Waals surface area contributed by atoms with Gasteiger partial charge in [0.15, 0.2) is 17.3 Å². The maximum atomic E-state index is 12.6. The minimum absolute atomic E-state index is 0.189. The largest absolute Gasteiger partial charge is 0.496 e. The fourth-order valence-corrected chi connectivity index (χ4v) is 2.56. The van der Waals surface area contributed by atoms with E-state index in [1.165, 1.54) is 27.4 Å². The van der Waals surface area contributed by atoms with E-state index in [0.29, 0.717) is 22.8 Å². The monoisotopic (exact) mass is 342 g/mol. The molecule has 0 saturated carbocycles. The molecule has 0 heterocycles. The van der Waals surface area contributed by atoms with Crippen LogP contribution < -0.4 is 18.9 Å². The summed E-state index contributed by atoms with van der Waals surface area (Å²) in [7, 11) is 6.16. The van der Waals surface area contributed by atoms with Crippen molar-refractivity contribution in [3.05, 3.63) is 53.1 Å². The number of hydrogen-bond donors (Lipinski definition) is 0. The molecular formula is C20H22O5. The van der Waals surface area contributed by atoms with Gasteiger partial charge in [0, 0.05) is 0 Å². The van der Waals surface area contributed by atoms with Crippen LogP contribution in [0, 0.1) is 6.92 Å².